The van der Waals surface area contributed by atoms with E-state index in [0.29, 0.717) is 0 Å². The monoisotopic (exact) mass is 252 g/mol. The van der Waals surface area contributed by atoms with E-state index >= 15 is 0 Å². The number of nitrogens with zero attached hydrogens (tertiary/aromatic N) is 1. The first-order chi connectivity index (χ1) is 9.22. The third-order valence-electron chi connectivity index (χ3n) is 3.66. The second-order valence-corrected chi connectivity index (χ2v) is 5.56. The third-order valence-corrected chi connectivity index (χ3v) is 3.66. The van der Waals surface area contributed by atoms with E-state index in [1.54, 1.807) is 0 Å². The van der Waals surface area contributed by atoms with Gasteiger partial charge >= 0.3 is 0 Å². The maximum atomic E-state index is 4.38. The minimum absolute atomic E-state index is 0.741. The molecule has 1 aromatic carbocycles. The van der Waals surface area contributed by atoms with E-state index in [2.05, 4.69) is 48.4 Å². The molecule has 3 rings (SSSR count). The van der Waals surface area contributed by atoms with Crippen LogP contribution in [0.4, 0.5) is 0 Å². The quantitative estimate of drug-likeness (QED) is 0.899. The first kappa shape index (κ1) is 12.4. The minimum Gasteiger partial charge on any atom is -0.310 e. The van der Waals surface area contributed by atoms with Crippen LogP contribution in [-0.2, 0) is 6.54 Å². The summed E-state index contributed by atoms with van der Waals surface area (Å²) >= 11 is 0. The lowest BCUT2D eigenvalue weighted by Crippen LogP contribution is -2.15. The third kappa shape index (κ3) is 3.02. The topological polar surface area (TPSA) is 24.9 Å². The lowest BCUT2D eigenvalue weighted by molar-refractivity contribution is 0.686. The normalized spacial score (nSPS) is 14.6. The van der Waals surface area contributed by atoms with Gasteiger partial charge in [-0.3, -0.25) is 4.98 Å². The van der Waals surface area contributed by atoms with Crippen LogP contribution in [0.5, 0.6) is 0 Å². The fourth-order valence-corrected chi connectivity index (χ4v) is 2.42. The van der Waals surface area contributed by atoms with Gasteiger partial charge in [-0.05, 0) is 49.4 Å². The minimum atomic E-state index is 0.741. The van der Waals surface area contributed by atoms with Crippen LogP contribution in [0.2, 0.25) is 0 Å². The average molecular weight is 252 g/mol. The molecular formula is C17H20N2. The molecule has 2 nitrogen and oxygen atoms in total. The van der Waals surface area contributed by atoms with Crippen molar-refractivity contribution in [1.29, 1.82) is 0 Å². The molecule has 1 aromatic heterocycles. The van der Waals surface area contributed by atoms with Crippen LogP contribution in [0.15, 0.2) is 36.7 Å². The van der Waals surface area contributed by atoms with Crippen LogP contribution >= 0.6 is 0 Å². The maximum absolute atomic E-state index is 4.38. The van der Waals surface area contributed by atoms with Crippen LogP contribution < -0.4 is 5.32 Å². The van der Waals surface area contributed by atoms with Gasteiger partial charge in [0.05, 0.1) is 0 Å². The molecule has 19 heavy (non-hydrogen) atoms. The highest BCUT2D eigenvalue weighted by Gasteiger charge is 2.19. The summed E-state index contributed by atoms with van der Waals surface area (Å²) in [5.41, 5.74) is 6.39. The van der Waals surface area contributed by atoms with Gasteiger partial charge in [-0.25, -0.2) is 0 Å². The molecule has 1 aliphatic carbocycles. The van der Waals surface area contributed by atoms with Crippen molar-refractivity contribution < 1.29 is 0 Å². The van der Waals surface area contributed by atoms with Crippen molar-refractivity contribution in [1.82, 2.24) is 10.3 Å². The van der Waals surface area contributed by atoms with E-state index in [9.17, 15) is 0 Å². The summed E-state index contributed by atoms with van der Waals surface area (Å²) in [5.74, 6) is 0. The summed E-state index contributed by atoms with van der Waals surface area (Å²) in [6, 6.07) is 9.58. The molecule has 98 valence electrons. The van der Waals surface area contributed by atoms with Crippen molar-refractivity contribution in [3.05, 3.63) is 53.3 Å². The first-order valence-corrected chi connectivity index (χ1v) is 6.97. The van der Waals surface area contributed by atoms with Crippen molar-refractivity contribution in [3.63, 3.8) is 0 Å². The fraction of sp³-hybridized carbons (Fsp3) is 0.353. The molecule has 0 bridgehead atoms. The molecule has 0 radical (unpaired) electrons. The first-order valence-electron chi connectivity index (χ1n) is 6.97. The fourth-order valence-electron chi connectivity index (χ4n) is 2.42. The van der Waals surface area contributed by atoms with Gasteiger partial charge in [-0.2, -0.15) is 0 Å². The second kappa shape index (κ2) is 5.14. The van der Waals surface area contributed by atoms with Gasteiger partial charge in [0.1, 0.15) is 0 Å². The molecule has 1 heterocycles. The Kier molecular flexibility index (Phi) is 3.34. The van der Waals surface area contributed by atoms with Crippen molar-refractivity contribution in [2.75, 3.05) is 0 Å². The lowest BCUT2D eigenvalue weighted by Gasteiger charge is -2.09. The highest BCUT2D eigenvalue weighted by atomic mass is 14.9. The Morgan fingerprint density at radius 2 is 2.00 bits per heavy atom. The number of hydrogen-bond donors (Lipinski definition) is 1. The number of pyridine rings is 1. The molecular weight excluding hydrogens is 232 g/mol. The standard InChI is InChI=1S/C17H20N2/c1-12-3-6-17(13(2)7-12)15-8-14(9-18-11-15)10-19-16-4-5-16/h3,6-9,11,16,19H,4-5,10H2,1-2H3. The summed E-state index contributed by atoms with van der Waals surface area (Å²) in [7, 11) is 0. The van der Waals surface area contributed by atoms with Gasteiger partial charge in [0.2, 0.25) is 0 Å². The molecule has 1 N–H and O–H groups in total. The second-order valence-electron chi connectivity index (χ2n) is 5.56. The summed E-state index contributed by atoms with van der Waals surface area (Å²) in [6.45, 7) is 5.22. The Labute approximate surface area is 114 Å². The molecule has 1 saturated carbocycles. The van der Waals surface area contributed by atoms with Gasteiger partial charge < -0.3 is 5.32 Å². The van der Waals surface area contributed by atoms with Crippen LogP contribution in [0, 0.1) is 13.8 Å². The highest BCUT2D eigenvalue weighted by molar-refractivity contribution is 5.67. The van der Waals surface area contributed by atoms with Crippen molar-refractivity contribution >= 4 is 0 Å². The number of benzene rings is 1. The molecule has 0 aliphatic heterocycles. The molecule has 0 unspecified atom stereocenters. The van der Waals surface area contributed by atoms with Gasteiger partial charge in [0.25, 0.3) is 0 Å². The zero-order chi connectivity index (χ0) is 13.2. The van der Waals surface area contributed by atoms with E-state index in [4.69, 9.17) is 0 Å². The summed E-state index contributed by atoms with van der Waals surface area (Å²) < 4.78 is 0. The average Bonchev–Trinajstić information content (AvgIpc) is 3.21. The lowest BCUT2D eigenvalue weighted by atomic mass is 9.99. The van der Waals surface area contributed by atoms with E-state index in [-0.39, 0.29) is 0 Å². The SMILES string of the molecule is Cc1ccc(-c2cncc(CNC3CC3)c2)c(C)c1. The number of rotatable bonds is 4. The van der Waals surface area contributed by atoms with E-state index < -0.39 is 0 Å². The largest absolute Gasteiger partial charge is 0.310 e. The van der Waals surface area contributed by atoms with Gasteiger partial charge in [0.15, 0.2) is 0 Å². The predicted octanol–water partition coefficient (Wildman–Crippen LogP) is 3.62. The molecule has 0 amide bonds. The number of nitrogens with one attached hydrogen (secondary N) is 1. The Morgan fingerprint density at radius 1 is 1.16 bits per heavy atom. The maximum Gasteiger partial charge on any atom is 0.0346 e. The zero-order valence-corrected chi connectivity index (χ0v) is 11.6. The molecule has 2 aromatic rings. The van der Waals surface area contributed by atoms with Crippen LogP contribution in [0.1, 0.15) is 29.5 Å². The number of hydrogen-bond acceptors (Lipinski definition) is 2. The summed E-state index contributed by atoms with van der Waals surface area (Å²) in [5, 5.41) is 3.54. The molecule has 2 heteroatoms. The zero-order valence-electron chi connectivity index (χ0n) is 11.6. The van der Waals surface area contributed by atoms with Crippen LogP contribution in [-0.4, -0.2) is 11.0 Å². The Hall–Kier alpha value is -1.67. The Balaban J connectivity index is 1.84. The smallest absolute Gasteiger partial charge is 0.0346 e. The Morgan fingerprint density at radius 3 is 2.74 bits per heavy atom. The Bertz CT molecular complexity index is 586. The molecule has 0 saturated heterocycles. The summed E-state index contributed by atoms with van der Waals surface area (Å²) in [4.78, 5) is 4.38. The van der Waals surface area contributed by atoms with Crippen molar-refractivity contribution in [2.45, 2.75) is 39.3 Å². The molecule has 0 atom stereocenters. The van der Waals surface area contributed by atoms with Gasteiger partial charge in [-0.1, -0.05) is 23.8 Å². The van der Waals surface area contributed by atoms with E-state index in [0.717, 1.165) is 12.6 Å². The van der Waals surface area contributed by atoms with Crippen LogP contribution in [0.25, 0.3) is 11.1 Å². The van der Waals surface area contributed by atoms with Crippen LogP contribution in [0.3, 0.4) is 0 Å². The molecule has 1 fully saturated rings. The number of aryl methyl sites for hydroxylation is 2. The molecule has 1 aliphatic rings. The van der Waals surface area contributed by atoms with Crippen molar-refractivity contribution in [3.8, 4) is 11.1 Å². The highest BCUT2D eigenvalue weighted by Crippen LogP contribution is 2.25. The van der Waals surface area contributed by atoms with Gasteiger partial charge in [0, 0.05) is 30.5 Å². The van der Waals surface area contributed by atoms with Gasteiger partial charge in [-0.15, -0.1) is 0 Å². The summed E-state index contributed by atoms with van der Waals surface area (Å²) in [6.07, 6.45) is 6.56. The molecule has 0 spiro atoms. The van der Waals surface area contributed by atoms with E-state index in [1.807, 2.05) is 12.4 Å². The number of aromatic nitrogens is 1. The van der Waals surface area contributed by atoms with Crippen molar-refractivity contribution in [2.24, 2.45) is 0 Å². The predicted molar refractivity (Wildman–Crippen MR) is 79.0 cm³/mol. The van der Waals surface area contributed by atoms with E-state index in [1.165, 1.54) is 40.7 Å².